The molecule has 0 saturated carbocycles. The van der Waals surface area contributed by atoms with Gasteiger partial charge in [-0.3, -0.25) is 10.1 Å². The first-order valence-corrected chi connectivity index (χ1v) is 4.73. The molecule has 1 aromatic carbocycles. The van der Waals surface area contributed by atoms with Crippen molar-refractivity contribution in [3.05, 3.63) is 39.1 Å². The fraction of sp³-hybridized carbons (Fsp3) is 0.100. The lowest BCUT2D eigenvalue weighted by Crippen LogP contribution is -1.87. The molecule has 0 aliphatic carbocycles. The summed E-state index contributed by atoms with van der Waals surface area (Å²) in [6, 6.07) is 6.18. The van der Waals surface area contributed by atoms with E-state index in [0.29, 0.717) is 16.2 Å². The van der Waals surface area contributed by atoms with Gasteiger partial charge in [0.2, 0.25) is 5.58 Å². The van der Waals surface area contributed by atoms with E-state index in [2.05, 4.69) is 0 Å². The van der Waals surface area contributed by atoms with Gasteiger partial charge in [0.1, 0.15) is 5.76 Å². The Hall–Kier alpha value is -2.06. The van der Waals surface area contributed by atoms with Crippen molar-refractivity contribution in [2.75, 3.05) is 0 Å². The second kappa shape index (κ2) is 3.83. The van der Waals surface area contributed by atoms with Crippen LogP contribution in [0, 0.1) is 21.4 Å². The molecule has 0 aliphatic heterocycles. The first kappa shape index (κ1) is 10.5. The molecule has 16 heavy (non-hydrogen) atoms. The van der Waals surface area contributed by atoms with Gasteiger partial charge >= 0.3 is 5.69 Å². The maximum Gasteiger partial charge on any atom is 0.312 e. The smallest absolute Gasteiger partial charge is 0.312 e. The Labute approximate surface area is 95.0 Å². The molecular formula is C10H5ClN2O3. The molecule has 0 radical (unpaired) electrons. The summed E-state index contributed by atoms with van der Waals surface area (Å²) in [5.41, 5.74) is -0.0358. The van der Waals surface area contributed by atoms with E-state index < -0.39 is 4.92 Å². The van der Waals surface area contributed by atoms with E-state index in [0.717, 1.165) is 0 Å². The first-order chi connectivity index (χ1) is 7.63. The minimum Gasteiger partial charge on any atom is -0.453 e. The number of fused-ring (bicyclic) bond motifs is 1. The molecule has 80 valence electrons. The monoisotopic (exact) mass is 236 g/mol. The van der Waals surface area contributed by atoms with Crippen LogP contribution in [-0.4, -0.2) is 4.92 Å². The van der Waals surface area contributed by atoms with Crippen LogP contribution in [0.5, 0.6) is 0 Å². The minimum absolute atomic E-state index is 0.0577. The number of hydrogen-bond acceptors (Lipinski definition) is 4. The Balaban J connectivity index is 2.73. The molecular weight excluding hydrogens is 232 g/mol. The SMILES string of the molecule is N#CCc1cc2c(Cl)ccc([N+](=O)[O-])c2o1. The number of nitro benzene ring substituents is 1. The summed E-state index contributed by atoms with van der Waals surface area (Å²) in [4.78, 5) is 10.2. The van der Waals surface area contributed by atoms with Crippen molar-refractivity contribution in [1.29, 1.82) is 5.26 Å². The van der Waals surface area contributed by atoms with Crippen LogP contribution in [0.15, 0.2) is 22.6 Å². The molecule has 0 aliphatic rings. The van der Waals surface area contributed by atoms with E-state index in [1.807, 2.05) is 6.07 Å². The number of furan rings is 1. The zero-order valence-corrected chi connectivity index (χ0v) is 8.69. The van der Waals surface area contributed by atoms with Gasteiger partial charge in [0, 0.05) is 11.5 Å². The number of benzene rings is 1. The quantitative estimate of drug-likeness (QED) is 0.593. The maximum atomic E-state index is 10.7. The van der Waals surface area contributed by atoms with Crippen molar-refractivity contribution in [3.8, 4) is 6.07 Å². The Morgan fingerprint density at radius 3 is 2.94 bits per heavy atom. The van der Waals surface area contributed by atoms with E-state index in [9.17, 15) is 10.1 Å². The third-order valence-electron chi connectivity index (χ3n) is 2.11. The van der Waals surface area contributed by atoms with Crippen molar-refractivity contribution in [2.45, 2.75) is 6.42 Å². The molecule has 0 bridgehead atoms. The van der Waals surface area contributed by atoms with Gasteiger partial charge in [0.15, 0.2) is 0 Å². The summed E-state index contributed by atoms with van der Waals surface area (Å²) >= 11 is 5.88. The van der Waals surface area contributed by atoms with Gasteiger partial charge < -0.3 is 4.42 Å². The van der Waals surface area contributed by atoms with Crippen LogP contribution in [0.25, 0.3) is 11.0 Å². The van der Waals surface area contributed by atoms with Crippen LogP contribution in [0.3, 0.4) is 0 Å². The van der Waals surface area contributed by atoms with E-state index in [4.69, 9.17) is 21.3 Å². The Bertz CT molecular complexity index is 612. The molecule has 1 heterocycles. The van der Waals surface area contributed by atoms with E-state index in [1.54, 1.807) is 6.07 Å². The number of hydrogen-bond donors (Lipinski definition) is 0. The fourth-order valence-electron chi connectivity index (χ4n) is 1.44. The van der Waals surface area contributed by atoms with Crippen molar-refractivity contribution >= 4 is 28.3 Å². The van der Waals surface area contributed by atoms with Crippen molar-refractivity contribution in [1.82, 2.24) is 0 Å². The highest BCUT2D eigenvalue weighted by Crippen LogP contribution is 2.33. The molecule has 0 amide bonds. The molecule has 0 N–H and O–H groups in total. The van der Waals surface area contributed by atoms with Crippen molar-refractivity contribution in [3.63, 3.8) is 0 Å². The number of nitriles is 1. The summed E-state index contributed by atoms with van der Waals surface area (Å²) < 4.78 is 5.23. The normalized spacial score (nSPS) is 10.2. The number of nitrogens with zero attached hydrogens (tertiary/aromatic N) is 2. The highest BCUT2D eigenvalue weighted by Gasteiger charge is 2.18. The van der Waals surface area contributed by atoms with Gasteiger partial charge in [-0.05, 0) is 12.1 Å². The van der Waals surface area contributed by atoms with Gasteiger partial charge in [0.25, 0.3) is 0 Å². The topological polar surface area (TPSA) is 80.1 Å². The van der Waals surface area contributed by atoms with Crippen molar-refractivity contribution < 1.29 is 9.34 Å². The molecule has 0 atom stereocenters. The number of nitro groups is 1. The third kappa shape index (κ3) is 1.59. The summed E-state index contributed by atoms with van der Waals surface area (Å²) in [5, 5.41) is 20.1. The molecule has 6 heteroatoms. The number of non-ortho nitro benzene ring substituents is 1. The summed E-state index contributed by atoms with van der Waals surface area (Å²) in [7, 11) is 0. The first-order valence-electron chi connectivity index (χ1n) is 4.35. The Morgan fingerprint density at radius 1 is 1.56 bits per heavy atom. The molecule has 1 aromatic heterocycles. The number of halogens is 1. The van der Waals surface area contributed by atoms with Gasteiger partial charge in [-0.1, -0.05) is 11.6 Å². The molecule has 2 aromatic rings. The van der Waals surface area contributed by atoms with Crippen LogP contribution in [0.1, 0.15) is 5.76 Å². The molecule has 5 nitrogen and oxygen atoms in total. The van der Waals surface area contributed by atoms with E-state index in [-0.39, 0.29) is 17.7 Å². The Kier molecular flexibility index (Phi) is 2.50. The Morgan fingerprint density at radius 2 is 2.31 bits per heavy atom. The van der Waals surface area contributed by atoms with E-state index in [1.165, 1.54) is 12.1 Å². The molecule has 0 saturated heterocycles. The van der Waals surface area contributed by atoms with Gasteiger partial charge in [-0.25, -0.2) is 0 Å². The van der Waals surface area contributed by atoms with Gasteiger partial charge in [-0.15, -0.1) is 0 Å². The predicted octanol–water partition coefficient (Wildman–Crippen LogP) is 3.06. The average molecular weight is 237 g/mol. The lowest BCUT2D eigenvalue weighted by atomic mass is 10.2. The van der Waals surface area contributed by atoms with Crippen LogP contribution >= 0.6 is 11.6 Å². The molecule has 0 fully saturated rings. The standard InChI is InChI=1S/C10H5ClN2O3/c11-8-1-2-9(13(14)15)10-7(8)5-6(16-10)3-4-12/h1-2,5H,3H2. The molecule has 0 spiro atoms. The van der Waals surface area contributed by atoms with Crippen LogP contribution < -0.4 is 0 Å². The molecule has 0 unspecified atom stereocenters. The minimum atomic E-state index is -0.543. The highest BCUT2D eigenvalue weighted by molar-refractivity contribution is 6.35. The average Bonchev–Trinajstić information content (AvgIpc) is 2.62. The van der Waals surface area contributed by atoms with Gasteiger partial charge in [-0.2, -0.15) is 5.26 Å². The lowest BCUT2D eigenvalue weighted by Gasteiger charge is -1.93. The third-order valence-corrected chi connectivity index (χ3v) is 2.44. The predicted molar refractivity (Wildman–Crippen MR) is 57.2 cm³/mol. The zero-order chi connectivity index (χ0) is 11.7. The van der Waals surface area contributed by atoms with Gasteiger partial charge in [0.05, 0.1) is 22.4 Å². The van der Waals surface area contributed by atoms with Crippen molar-refractivity contribution in [2.24, 2.45) is 0 Å². The fourth-order valence-corrected chi connectivity index (χ4v) is 1.64. The van der Waals surface area contributed by atoms with Crippen LogP contribution in [0.4, 0.5) is 5.69 Å². The lowest BCUT2D eigenvalue weighted by molar-refractivity contribution is -0.383. The second-order valence-electron chi connectivity index (χ2n) is 3.11. The largest absolute Gasteiger partial charge is 0.453 e. The second-order valence-corrected chi connectivity index (χ2v) is 3.52. The summed E-state index contributed by atoms with van der Waals surface area (Å²) in [6.45, 7) is 0. The van der Waals surface area contributed by atoms with Crippen LogP contribution in [0.2, 0.25) is 5.02 Å². The van der Waals surface area contributed by atoms with Crippen LogP contribution in [-0.2, 0) is 6.42 Å². The summed E-state index contributed by atoms with van der Waals surface area (Å²) in [6.07, 6.45) is 0.0577. The van der Waals surface area contributed by atoms with E-state index >= 15 is 0 Å². The molecule has 2 rings (SSSR count). The number of rotatable bonds is 2. The maximum absolute atomic E-state index is 10.7. The highest BCUT2D eigenvalue weighted by atomic mass is 35.5. The zero-order valence-electron chi connectivity index (χ0n) is 7.94. The summed E-state index contributed by atoms with van der Waals surface area (Å²) in [5.74, 6) is 0.369.